The average Bonchev–Trinajstić information content (AvgIpc) is 2.68. The first-order chi connectivity index (χ1) is 12.4. The fourth-order valence-corrected chi connectivity index (χ4v) is 21.5. The summed E-state index contributed by atoms with van der Waals surface area (Å²) in [6, 6.07) is 9.17. The van der Waals surface area contributed by atoms with Crippen LogP contribution in [0.4, 0.5) is 11.4 Å². The average molecular weight is 442 g/mol. The van der Waals surface area contributed by atoms with Crippen molar-refractivity contribution in [2.45, 2.75) is 80.8 Å². The van der Waals surface area contributed by atoms with Gasteiger partial charge in [-0.1, -0.05) is 93.0 Å². The van der Waals surface area contributed by atoms with Crippen LogP contribution in [-0.2, 0) is 0 Å². The van der Waals surface area contributed by atoms with Gasteiger partial charge in [-0.05, 0) is 36.1 Å². The normalized spacial score (nSPS) is 16.3. The van der Waals surface area contributed by atoms with Gasteiger partial charge in [0, 0.05) is 20.7 Å². The van der Waals surface area contributed by atoms with Crippen LogP contribution < -0.4 is 28.0 Å². The van der Waals surface area contributed by atoms with Gasteiger partial charge in [0.25, 0.3) is 0 Å². The number of fused-ring (bicyclic) bond motifs is 1. The molecule has 1 aliphatic heterocycles. The van der Waals surface area contributed by atoms with Crippen molar-refractivity contribution in [2.75, 3.05) is 22.2 Å². The second kappa shape index (κ2) is 8.88. The number of hydrogen-bond acceptors (Lipinski definition) is 3. The van der Waals surface area contributed by atoms with E-state index in [4.69, 9.17) is 0 Å². The number of para-hydroxylation sites is 2. The van der Waals surface area contributed by atoms with Gasteiger partial charge >= 0.3 is 18.9 Å². The Morgan fingerprint density at radius 2 is 1.03 bits per heavy atom. The molecule has 1 aliphatic rings. The maximum atomic E-state index is 3.09. The first-order valence-corrected chi connectivity index (χ1v) is 19.0. The van der Waals surface area contributed by atoms with Gasteiger partial charge in [0.05, 0.1) is 16.5 Å². The standard InChI is InChI=1S/C22H44N3Si3.Li/c1-21(2,3)17-23-19-15-13-14-16-20(19)24(18-22(4,5)6)26(23)25(27(7,8)9)28(10,11)12;/h13-16H,17-18H2,1-12H3;/q-1;+1. The third kappa shape index (κ3) is 6.75. The summed E-state index contributed by atoms with van der Waals surface area (Å²) in [6.07, 6.45) is 0. The molecule has 0 radical (unpaired) electrons. The monoisotopic (exact) mass is 441 g/mol. The zero-order valence-corrected chi connectivity index (χ0v) is 24.6. The Balaban J connectivity index is 0.00000420. The molecule has 1 aromatic carbocycles. The number of rotatable bonds is 5. The van der Waals surface area contributed by atoms with E-state index in [1.807, 2.05) is 0 Å². The quantitative estimate of drug-likeness (QED) is 0.649. The molecule has 0 atom stereocenters. The summed E-state index contributed by atoms with van der Waals surface area (Å²) in [5.41, 5.74) is 3.45. The topological polar surface area (TPSA) is 9.72 Å². The Bertz CT molecular complexity index is 627. The van der Waals surface area contributed by atoms with Gasteiger partial charge in [-0.2, -0.15) is 0 Å². The van der Waals surface area contributed by atoms with Crippen molar-refractivity contribution in [1.82, 2.24) is 3.90 Å². The molecular formula is C22H44LiN3Si3. The number of anilines is 2. The fraction of sp³-hybridized carbons (Fsp3) is 0.727. The summed E-state index contributed by atoms with van der Waals surface area (Å²) < 4.78 is 8.73. The summed E-state index contributed by atoms with van der Waals surface area (Å²) >= 11 is 0. The molecule has 160 valence electrons. The molecule has 29 heavy (non-hydrogen) atoms. The second-order valence-corrected chi connectivity index (χ2v) is 25.8. The number of hydrogen-bond donors (Lipinski definition) is 0. The Morgan fingerprint density at radius 3 is 1.28 bits per heavy atom. The largest absolute Gasteiger partial charge is 1.00 e. The molecule has 0 N–H and O–H groups in total. The molecule has 2 rings (SSSR count). The van der Waals surface area contributed by atoms with Crippen LogP contribution in [0.2, 0.25) is 39.3 Å². The summed E-state index contributed by atoms with van der Waals surface area (Å²) in [4.78, 5) is 0. The third-order valence-corrected chi connectivity index (χ3v) is 18.8. The summed E-state index contributed by atoms with van der Waals surface area (Å²) in [5, 5.41) is 0. The molecule has 0 bridgehead atoms. The maximum absolute atomic E-state index is 3.09. The predicted octanol–water partition coefficient (Wildman–Crippen LogP) is 3.37. The van der Waals surface area contributed by atoms with Crippen LogP contribution in [0, 0.1) is 10.8 Å². The molecule has 0 amide bonds. The molecule has 1 aromatic rings. The molecule has 1 heterocycles. The predicted molar refractivity (Wildman–Crippen MR) is 134 cm³/mol. The first-order valence-electron chi connectivity index (χ1n) is 10.7. The van der Waals surface area contributed by atoms with Crippen LogP contribution in [0.5, 0.6) is 0 Å². The third-order valence-electron chi connectivity index (χ3n) is 4.75. The van der Waals surface area contributed by atoms with Crippen molar-refractivity contribution < 1.29 is 18.9 Å². The zero-order valence-electron chi connectivity index (χ0n) is 21.6. The molecule has 0 saturated carbocycles. The Labute approximate surface area is 197 Å². The minimum atomic E-state index is -1.50. The molecule has 0 aliphatic carbocycles. The number of nitrogens with zero attached hydrogens (tertiary/aromatic N) is 3. The summed E-state index contributed by atoms with van der Waals surface area (Å²) in [6.45, 7) is 31.8. The van der Waals surface area contributed by atoms with Crippen molar-refractivity contribution in [1.29, 1.82) is 0 Å². The molecular weight excluding hydrogens is 397 g/mol. The van der Waals surface area contributed by atoms with Crippen LogP contribution in [0.25, 0.3) is 0 Å². The van der Waals surface area contributed by atoms with Crippen molar-refractivity contribution in [3.8, 4) is 0 Å². The molecule has 0 spiro atoms. The van der Waals surface area contributed by atoms with Gasteiger partial charge in [-0.3, -0.25) is 0 Å². The van der Waals surface area contributed by atoms with Crippen molar-refractivity contribution in [3.63, 3.8) is 0 Å². The van der Waals surface area contributed by atoms with Crippen molar-refractivity contribution in [3.05, 3.63) is 24.3 Å². The fourth-order valence-electron chi connectivity index (χ4n) is 4.39. The Morgan fingerprint density at radius 1 is 0.724 bits per heavy atom. The zero-order chi connectivity index (χ0) is 21.7. The van der Waals surface area contributed by atoms with E-state index in [-0.39, 0.29) is 29.7 Å². The van der Waals surface area contributed by atoms with Gasteiger partial charge in [0.2, 0.25) is 0 Å². The van der Waals surface area contributed by atoms with Crippen LogP contribution in [0.3, 0.4) is 0 Å². The Kier molecular flexibility index (Phi) is 8.28. The van der Waals surface area contributed by atoms with E-state index >= 15 is 0 Å². The van der Waals surface area contributed by atoms with E-state index in [9.17, 15) is 0 Å². The van der Waals surface area contributed by atoms with Crippen LogP contribution in [0.1, 0.15) is 41.5 Å². The van der Waals surface area contributed by atoms with E-state index < -0.39 is 25.8 Å². The smallest absolute Gasteiger partial charge is 0.512 e. The Hall–Kier alpha value is 0.0281. The van der Waals surface area contributed by atoms with Gasteiger partial charge in [0.1, 0.15) is 0 Å². The van der Waals surface area contributed by atoms with Gasteiger partial charge in [-0.25, -0.2) is 0 Å². The van der Waals surface area contributed by atoms with Crippen molar-refractivity contribution in [2.24, 2.45) is 10.8 Å². The van der Waals surface area contributed by atoms with E-state index in [0.29, 0.717) is 0 Å². The van der Waals surface area contributed by atoms with Crippen LogP contribution in [0.15, 0.2) is 24.3 Å². The summed E-state index contributed by atoms with van der Waals surface area (Å²) in [7, 11) is -4.05. The molecule has 0 unspecified atom stereocenters. The molecule has 0 fully saturated rings. The first kappa shape index (κ1) is 27.1. The maximum Gasteiger partial charge on any atom is 1.00 e. The molecule has 0 saturated heterocycles. The SMILES string of the molecule is CC(C)(C)CN1c2ccccc2N(CC(C)(C)C)[Si-]1N([Si](C)(C)C)[Si](C)(C)C.[Li+]. The second-order valence-electron chi connectivity index (χ2n) is 12.8. The molecule has 0 aromatic heterocycles. The van der Waals surface area contributed by atoms with Crippen LogP contribution in [-0.4, -0.2) is 42.7 Å². The van der Waals surface area contributed by atoms with Gasteiger partial charge in [0.15, 0.2) is 0 Å². The minimum absolute atomic E-state index is 0. The molecule has 7 heteroatoms. The molecule has 3 nitrogen and oxygen atoms in total. The van der Waals surface area contributed by atoms with E-state index in [2.05, 4.69) is 118 Å². The number of benzene rings is 1. The van der Waals surface area contributed by atoms with Gasteiger partial charge < -0.3 is 13.0 Å². The van der Waals surface area contributed by atoms with E-state index in [1.165, 1.54) is 11.4 Å². The van der Waals surface area contributed by atoms with E-state index in [1.54, 1.807) is 0 Å². The summed E-state index contributed by atoms with van der Waals surface area (Å²) in [5.74, 6) is 0. The van der Waals surface area contributed by atoms with Gasteiger partial charge in [-0.15, -0.1) is 0 Å². The van der Waals surface area contributed by atoms with E-state index in [0.717, 1.165) is 13.1 Å². The van der Waals surface area contributed by atoms with Crippen molar-refractivity contribution >= 4 is 37.1 Å². The van der Waals surface area contributed by atoms with Crippen LogP contribution >= 0.6 is 0 Å². The minimum Gasteiger partial charge on any atom is -0.512 e.